The Labute approximate surface area is 135 Å². The van der Waals surface area contributed by atoms with Crippen LogP contribution in [-0.4, -0.2) is 15.1 Å². The molecule has 3 rings (SSSR count). The maximum absolute atomic E-state index is 10.3. The number of phenolic OH excluding ortho intramolecular Hbond substituents is 1. The normalized spacial score (nSPS) is 11.3. The number of phenols is 1. The van der Waals surface area contributed by atoms with Crippen LogP contribution in [-0.2, 0) is 18.4 Å². The largest absolute Gasteiger partial charge is 0.508 e. The molecule has 3 N–H and O–H groups in total. The fourth-order valence-corrected chi connectivity index (χ4v) is 2.80. The molecule has 0 unspecified atom stereocenters. The van der Waals surface area contributed by atoms with Crippen molar-refractivity contribution in [3.05, 3.63) is 90.0 Å². The summed E-state index contributed by atoms with van der Waals surface area (Å²) < 4.78 is 0. The summed E-state index contributed by atoms with van der Waals surface area (Å²) in [5.74, 6) is 0.196. The zero-order valence-electron chi connectivity index (χ0n) is 12.8. The van der Waals surface area contributed by atoms with Crippen LogP contribution in [0.1, 0.15) is 17.0 Å². The molecule has 0 saturated carbocycles. The molecule has 0 radical (unpaired) electrons. The molecule has 0 atom stereocenters. The first-order valence-electron chi connectivity index (χ1n) is 7.54. The van der Waals surface area contributed by atoms with Crippen molar-refractivity contribution in [1.82, 2.24) is 9.97 Å². The van der Waals surface area contributed by atoms with Gasteiger partial charge in [0, 0.05) is 42.2 Å². The van der Waals surface area contributed by atoms with Gasteiger partial charge in [-0.05, 0) is 30.3 Å². The van der Waals surface area contributed by atoms with Gasteiger partial charge in [-0.1, -0.05) is 30.3 Å². The van der Waals surface area contributed by atoms with Gasteiger partial charge in [-0.2, -0.15) is 0 Å². The quantitative estimate of drug-likeness (QED) is 0.760. The van der Waals surface area contributed by atoms with Crippen molar-refractivity contribution in [2.45, 2.75) is 18.4 Å². The predicted molar refractivity (Wildman–Crippen MR) is 89.9 cm³/mol. The van der Waals surface area contributed by atoms with E-state index in [9.17, 15) is 5.11 Å². The minimum atomic E-state index is -0.784. The van der Waals surface area contributed by atoms with Crippen molar-refractivity contribution in [2.75, 3.05) is 0 Å². The van der Waals surface area contributed by atoms with Gasteiger partial charge in [0.05, 0.1) is 5.54 Å². The summed E-state index contributed by atoms with van der Waals surface area (Å²) in [6.45, 7) is 0. The average molecular weight is 305 g/mol. The van der Waals surface area contributed by atoms with E-state index in [1.807, 2.05) is 48.5 Å². The molecule has 23 heavy (non-hydrogen) atoms. The first-order chi connectivity index (χ1) is 11.2. The van der Waals surface area contributed by atoms with Gasteiger partial charge < -0.3 is 10.8 Å². The van der Waals surface area contributed by atoms with Crippen LogP contribution in [0.25, 0.3) is 0 Å². The fourth-order valence-electron chi connectivity index (χ4n) is 2.80. The van der Waals surface area contributed by atoms with E-state index in [2.05, 4.69) is 9.97 Å². The van der Waals surface area contributed by atoms with E-state index in [1.165, 1.54) is 0 Å². The van der Waals surface area contributed by atoms with Gasteiger partial charge >= 0.3 is 0 Å². The van der Waals surface area contributed by atoms with Gasteiger partial charge in [-0.3, -0.25) is 9.97 Å². The van der Waals surface area contributed by atoms with Gasteiger partial charge in [-0.15, -0.1) is 0 Å². The van der Waals surface area contributed by atoms with Crippen molar-refractivity contribution in [3.63, 3.8) is 0 Å². The molecule has 0 aliphatic carbocycles. The van der Waals surface area contributed by atoms with E-state index in [-0.39, 0.29) is 5.75 Å². The van der Waals surface area contributed by atoms with Crippen molar-refractivity contribution in [1.29, 1.82) is 0 Å². The van der Waals surface area contributed by atoms with Crippen LogP contribution >= 0.6 is 0 Å². The zero-order valence-corrected chi connectivity index (χ0v) is 12.8. The average Bonchev–Trinajstić information content (AvgIpc) is 2.57. The molecule has 0 aliphatic rings. The molecular weight excluding hydrogens is 286 g/mol. The summed E-state index contributed by atoms with van der Waals surface area (Å²) in [5, 5.41) is 10.3. The highest BCUT2D eigenvalue weighted by atomic mass is 16.3. The third-order valence-electron chi connectivity index (χ3n) is 3.89. The van der Waals surface area contributed by atoms with Crippen LogP contribution in [0.5, 0.6) is 5.75 Å². The summed E-state index contributed by atoms with van der Waals surface area (Å²) in [4.78, 5) is 8.76. The number of nitrogens with two attached hydrogens (primary N) is 1. The van der Waals surface area contributed by atoms with Crippen LogP contribution in [0, 0.1) is 0 Å². The fraction of sp³-hybridized carbons (Fsp3) is 0.158. The summed E-state index contributed by atoms with van der Waals surface area (Å²) in [6, 6.07) is 18.7. The number of rotatable bonds is 5. The third-order valence-corrected chi connectivity index (χ3v) is 3.89. The molecule has 1 aromatic carbocycles. The standard InChI is InChI=1S/C19H19N3O/c20-19(13-15-7-3-5-11-21-15,14-16-8-4-6-12-22-16)17-9-1-2-10-18(17)23/h1-12,23H,13-14,20H2. The van der Waals surface area contributed by atoms with Gasteiger partial charge in [0.1, 0.15) is 5.75 Å². The van der Waals surface area contributed by atoms with E-state index >= 15 is 0 Å². The number of aromatic hydroxyl groups is 1. The Morgan fingerprint density at radius 3 is 1.78 bits per heavy atom. The second-order valence-electron chi connectivity index (χ2n) is 5.67. The van der Waals surface area contributed by atoms with Gasteiger partial charge in [0.25, 0.3) is 0 Å². The number of hydrogen-bond acceptors (Lipinski definition) is 4. The van der Waals surface area contributed by atoms with Crippen LogP contribution < -0.4 is 5.73 Å². The Bertz CT molecular complexity index is 718. The Morgan fingerprint density at radius 2 is 1.30 bits per heavy atom. The molecule has 0 aliphatic heterocycles. The molecule has 3 aromatic rings. The summed E-state index contributed by atoms with van der Waals surface area (Å²) in [6.07, 6.45) is 4.53. The maximum Gasteiger partial charge on any atom is 0.120 e. The lowest BCUT2D eigenvalue weighted by molar-refractivity contribution is 0.391. The van der Waals surface area contributed by atoms with Crippen LogP contribution in [0.4, 0.5) is 0 Å². The lowest BCUT2D eigenvalue weighted by atomic mass is 9.81. The van der Waals surface area contributed by atoms with E-state index in [0.29, 0.717) is 18.4 Å². The minimum absolute atomic E-state index is 0.196. The van der Waals surface area contributed by atoms with E-state index < -0.39 is 5.54 Å². The van der Waals surface area contributed by atoms with Crippen LogP contribution in [0.2, 0.25) is 0 Å². The second kappa shape index (κ2) is 6.58. The lowest BCUT2D eigenvalue weighted by Gasteiger charge is -2.30. The number of benzene rings is 1. The van der Waals surface area contributed by atoms with Crippen molar-refractivity contribution in [2.24, 2.45) is 5.73 Å². The van der Waals surface area contributed by atoms with Crippen LogP contribution in [0.15, 0.2) is 73.1 Å². The van der Waals surface area contributed by atoms with Gasteiger partial charge in [0.15, 0.2) is 0 Å². The van der Waals surface area contributed by atoms with E-state index in [1.54, 1.807) is 24.5 Å². The Kier molecular flexibility index (Phi) is 4.35. The third kappa shape index (κ3) is 3.55. The molecule has 0 fully saturated rings. The highest BCUT2D eigenvalue weighted by Gasteiger charge is 2.31. The second-order valence-corrected chi connectivity index (χ2v) is 5.67. The Morgan fingerprint density at radius 1 is 0.783 bits per heavy atom. The maximum atomic E-state index is 10.3. The first kappa shape index (κ1) is 15.2. The first-order valence-corrected chi connectivity index (χ1v) is 7.54. The monoisotopic (exact) mass is 305 g/mol. The number of pyridine rings is 2. The Hall–Kier alpha value is -2.72. The molecule has 0 saturated heterocycles. The summed E-state index contributed by atoms with van der Waals surface area (Å²) in [7, 11) is 0. The Balaban J connectivity index is 2.00. The molecule has 4 nitrogen and oxygen atoms in total. The number of nitrogens with zero attached hydrogens (tertiary/aromatic N) is 2. The minimum Gasteiger partial charge on any atom is -0.508 e. The van der Waals surface area contributed by atoms with Crippen molar-refractivity contribution >= 4 is 0 Å². The molecule has 116 valence electrons. The van der Waals surface area contributed by atoms with Gasteiger partial charge in [-0.25, -0.2) is 0 Å². The number of para-hydroxylation sites is 1. The summed E-state index contributed by atoms with van der Waals surface area (Å²) >= 11 is 0. The molecule has 2 aromatic heterocycles. The smallest absolute Gasteiger partial charge is 0.120 e. The van der Waals surface area contributed by atoms with Crippen LogP contribution in [0.3, 0.4) is 0 Å². The van der Waals surface area contributed by atoms with E-state index in [0.717, 1.165) is 11.4 Å². The predicted octanol–water partition coefficient (Wildman–Crippen LogP) is 2.82. The molecular formula is C19H19N3O. The van der Waals surface area contributed by atoms with E-state index in [4.69, 9.17) is 5.73 Å². The summed E-state index contributed by atoms with van der Waals surface area (Å²) in [5.41, 5.74) is 8.43. The van der Waals surface area contributed by atoms with Crippen molar-refractivity contribution in [3.8, 4) is 5.75 Å². The lowest BCUT2D eigenvalue weighted by Crippen LogP contribution is -2.42. The topological polar surface area (TPSA) is 72.0 Å². The highest BCUT2D eigenvalue weighted by molar-refractivity contribution is 5.39. The van der Waals surface area contributed by atoms with Crippen molar-refractivity contribution < 1.29 is 5.11 Å². The zero-order chi connectivity index (χ0) is 16.1. The van der Waals surface area contributed by atoms with Gasteiger partial charge in [0.2, 0.25) is 0 Å². The molecule has 0 bridgehead atoms. The number of hydrogen-bond donors (Lipinski definition) is 2. The highest BCUT2D eigenvalue weighted by Crippen LogP contribution is 2.32. The number of aromatic nitrogens is 2. The molecule has 0 spiro atoms. The molecule has 4 heteroatoms. The molecule has 2 heterocycles. The molecule has 0 amide bonds. The SMILES string of the molecule is NC(Cc1ccccn1)(Cc1ccccn1)c1ccccc1O.